The lowest BCUT2D eigenvalue weighted by molar-refractivity contribution is -0.170. The van der Waals surface area contributed by atoms with Crippen LogP contribution in [0, 0.1) is 28.6 Å². The summed E-state index contributed by atoms with van der Waals surface area (Å²) in [6, 6.07) is 0. The average Bonchev–Trinajstić information content (AvgIpc) is 3.09. The van der Waals surface area contributed by atoms with Crippen LogP contribution >= 0.6 is 0 Å². The van der Waals surface area contributed by atoms with E-state index in [2.05, 4.69) is 26.0 Å². The Kier molecular flexibility index (Phi) is 3.14. The molecule has 0 aromatic heterocycles. The van der Waals surface area contributed by atoms with Crippen LogP contribution in [0.3, 0.4) is 0 Å². The minimum atomic E-state index is -0.442. The van der Waals surface area contributed by atoms with Crippen LogP contribution in [0.2, 0.25) is 0 Å². The van der Waals surface area contributed by atoms with E-state index in [1.54, 1.807) is 6.08 Å². The highest BCUT2D eigenvalue weighted by Gasteiger charge is 2.68. The molecule has 4 nitrogen and oxygen atoms in total. The largest absolute Gasteiger partial charge is 0.458 e. The number of rotatable bonds is 0. The van der Waals surface area contributed by atoms with Gasteiger partial charge in [0.25, 0.3) is 0 Å². The summed E-state index contributed by atoms with van der Waals surface area (Å²) in [5.41, 5.74) is 0.104. The van der Waals surface area contributed by atoms with Crippen LogP contribution in [-0.2, 0) is 19.1 Å². The molecular formula is C22H26O4. The Labute approximate surface area is 154 Å². The van der Waals surface area contributed by atoms with Gasteiger partial charge in [0, 0.05) is 36.0 Å². The fourth-order valence-corrected chi connectivity index (χ4v) is 7.11. The Morgan fingerprint density at radius 1 is 1.08 bits per heavy atom. The number of hydrogen-bond acceptors (Lipinski definition) is 4. The van der Waals surface area contributed by atoms with E-state index in [1.165, 1.54) is 0 Å². The molecule has 4 aliphatic carbocycles. The normalized spacial score (nSPS) is 49.5. The number of ketones is 2. The standard InChI is InChI=1S/C22H26O4/c1-20-8-5-14(23)11-13(20)3-4-15-16-6-9-22(10-7-18(25)26-22)21(16,2)12-17(24)19(15)20/h3-4,11,15-16,19H,5-10,12H2,1-2H3/t15-,16-,19?,20-,21-,22+/m0/s1. The Morgan fingerprint density at radius 2 is 1.88 bits per heavy atom. The smallest absolute Gasteiger partial charge is 0.306 e. The summed E-state index contributed by atoms with van der Waals surface area (Å²) >= 11 is 0. The summed E-state index contributed by atoms with van der Waals surface area (Å²) in [6.45, 7) is 4.36. The Balaban J connectivity index is 1.59. The van der Waals surface area contributed by atoms with Crippen molar-refractivity contribution in [2.24, 2.45) is 28.6 Å². The third kappa shape index (κ3) is 1.83. The van der Waals surface area contributed by atoms with Crippen molar-refractivity contribution in [3.8, 4) is 0 Å². The molecule has 0 N–H and O–H groups in total. The first kappa shape index (κ1) is 16.5. The molecule has 3 fully saturated rings. The average molecular weight is 354 g/mol. The van der Waals surface area contributed by atoms with Gasteiger partial charge < -0.3 is 4.74 Å². The van der Waals surface area contributed by atoms with Gasteiger partial charge in [0.1, 0.15) is 11.4 Å². The van der Waals surface area contributed by atoms with E-state index in [9.17, 15) is 14.4 Å². The first-order valence-corrected chi connectivity index (χ1v) is 9.97. The second-order valence-electron chi connectivity index (χ2n) is 9.57. The molecule has 0 bridgehead atoms. The summed E-state index contributed by atoms with van der Waals surface area (Å²) < 4.78 is 5.88. The maximum atomic E-state index is 13.5. The molecule has 138 valence electrons. The van der Waals surface area contributed by atoms with Crippen molar-refractivity contribution in [1.82, 2.24) is 0 Å². The van der Waals surface area contributed by atoms with Gasteiger partial charge >= 0.3 is 5.97 Å². The first-order chi connectivity index (χ1) is 12.3. The SMILES string of the molecule is C[C@]12CCC(=O)C=C1C=C[C@@H]1C2C(=O)C[C@@]2(C)[C@H]1CC[C@@]21CCC(=O)O1. The van der Waals surface area contributed by atoms with Gasteiger partial charge in [-0.3, -0.25) is 14.4 Å². The highest BCUT2D eigenvalue weighted by Crippen LogP contribution is 2.67. The lowest BCUT2D eigenvalue weighted by Gasteiger charge is -2.56. The van der Waals surface area contributed by atoms with Crippen LogP contribution in [0.5, 0.6) is 0 Å². The van der Waals surface area contributed by atoms with Crippen molar-refractivity contribution < 1.29 is 19.1 Å². The molecule has 0 aromatic rings. The van der Waals surface area contributed by atoms with Gasteiger partial charge in [-0.1, -0.05) is 26.0 Å². The lowest BCUT2D eigenvalue weighted by Crippen LogP contribution is -2.57. The van der Waals surface area contributed by atoms with Crippen molar-refractivity contribution in [2.75, 3.05) is 0 Å². The number of esters is 1. The van der Waals surface area contributed by atoms with Crippen molar-refractivity contribution in [3.63, 3.8) is 0 Å². The number of allylic oxidation sites excluding steroid dienone is 4. The van der Waals surface area contributed by atoms with E-state index in [0.29, 0.717) is 31.0 Å². The number of carbonyl (C=O) groups excluding carboxylic acids is 3. The number of ether oxygens (including phenoxy) is 1. The van der Waals surface area contributed by atoms with E-state index in [1.807, 2.05) is 0 Å². The molecule has 0 amide bonds. The number of fused-ring (bicyclic) bond motifs is 6. The van der Waals surface area contributed by atoms with Crippen LogP contribution < -0.4 is 0 Å². The molecule has 1 aliphatic heterocycles. The fourth-order valence-electron chi connectivity index (χ4n) is 7.11. The minimum Gasteiger partial charge on any atom is -0.458 e. The molecule has 2 saturated carbocycles. The van der Waals surface area contributed by atoms with Gasteiger partial charge in [-0.15, -0.1) is 0 Å². The Hall–Kier alpha value is -1.71. The van der Waals surface area contributed by atoms with Gasteiger partial charge in [0.05, 0.1) is 0 Å². The van der Waals surface area contributed by atoms with Gasteiger partial charge in [-0.25, -0.2) is 0 Å². The molecule has 26 heavy (non-hydrogen) atoms. The molecule has 1 saturated heterocycles. The zero-order chi connectivity index (χ0) is 18.3. The predicted octanol–water partition coefficient (Wildman–Crippen LogP) is 3.55. The number of hydrogen-bond donors (Lipinski definition) is 0. The maximum absolute atomic E-state index is 13.5. The van der Waals surface area contributed by atoms with Crippen molar-refractivity contribution in [3.05, 3.63) is 23.8 Å². The zero-order valence-electron chi connectivity index (χ0n) is 15.5. The van der Waals surface area contributed by atoms with Crippen molar-refractivity contribution in [2.45, 2.75) is 64.4 Å². The highest BCUT2D eigenvalue weighted by atomic mass is 16.6. The third-order valence-corrected chi connectivity index (χ3v) is 8.55. The quantitative estimate of drug-likeness (QED) is 0.624. The van der Waals surface area contributed by atoms with E-state index in [4.69, 9.17) is 4.74 Å². The van der Waals surface area contributed by atoms with Gasteiger partial charge in [-0.2, -0.15) is 0 Å². The molecular weight excluding hydrogens is 328 g/mol. The van der Waals surface area contributed by atoms with E-state index < -0.39 is 5.60 Å². The maximum Gasteiger partial charge on any atom is 0.306 e. The summed E-state index contributed by atoms with van der Waals surface area (Å²) in [5.74, 6) is 0.871. The monoisotopic (exact) mass is 354 g/mol. The molecule has 4 heteroatoms. The summed E-state index contributed by atoms with van der Waals surface area (Å²) in [5, 5.41) is 0. The summed E-state index contributed by atoms with van der Waals surface area (Å²) in [4.78, 5) is 37.2. The molecule has 1 heterocycles. The number of carbonyl (C=O) groups is 3. The zero-order valence-corrected chi connectivity index (χ0v) is 15.5. The Bertz CT molecular complexity index is 792. The lowest BCUT2D eigenvalue weighted by atomic mass is 9.47. The van der Waals surface area contributed by atoms with Gasteiger partial charge in [0.2, 0.25) is 0 Å². The van der Waals surface area contributed by atoms with Crippen LogP contribution in [0.4, 0.5) is 0 Å². The van der Waals surface area contributed by atoms with E-state index in [0.717, 1.165) is 31.3 Å². The van der Waals surface area contributed by atoms with E-state index in [-0.39, 0.29) is 34.4 Å². The summed E-state index contributed by atoms with van der Waals surface area (Å²) in [7, 11) is 0. The molecule has 1 unspecified atom stereocenters. The first-order valence-electron chi connectivity index (χ1n) is 9.97. The van der Waals surface area contributed by atoms with Gasteiger partial charge in [0.15, 0.2) is 5.78 Å². The van der Waals surface area contributed by atoms with Crippen LogP contribution in [0.15, 0.2) is 23.8 Å². The van der Waals surface area contributed by atoms with Gasteiger partial charge in [-0.05, 0) is 49.2 Å². The second kappa shape index (κ2) is 4.96. The van der Waals surface area contributed by atoms with Crippen molar-refractivity contribution in [1.29, 1.82) is 0 Å². The topological polar surface area (TPSA) is 60.4 Å². The fraction of sp³-hybridized carbons (Fsp3) is 0.682. The number of Topliss-reactive ketones (excluding diaryl/α,β-unsaturated/α-hetero) is 1. The second-order valence-corrected chi connectivity index (χ2v) is 9.57. The van der Waals surface area contributed by atoms with Crippen molar-refractivity contribution >= 4 is 17.5 Å². The van der Waals surface area contributed by atoms with E-state index >= 15 is 0 Å². The predicted molar refractivity (Wildman–Crippen MR) is 95.1 cm³/mol. The molecule has 0 aromatic carbocycles. The molecule has 1 spiro atoms. The molecule has 6 atom stereocenters. The highest BCUT2D eigenvalue weighted by molar-refractivity contribution is 5.94. The summed E-state index contributed by atoms with van der Waals surface area (Å²) in [6.07, 6.45) is 11.0. The van der Waals surface area contributed by atoms with Crippen LogP contribution in [0.1, 0.15) is 58.8 Å². The minimum absolute atomic E-state index is 0.0443. The van der Waals surface area contributed by atoms with Crippen LogP contribution in [0.25, 0.3) is 0 Å². The van der Waals surface area contributed by atoms with Crippen LogP contribution in [-0.4, -0.2) is 23.1 Å². The molecule has 5 rings (SSSR count). The molecule has 0 radical (unpaired) electrons. The molecule has 5 aliphatic rings. The third-order valence-electron chi connectivity index (χ3n) is 8.55. The Morgan fingerprint density at radius 3 is 2.62 bits per heavy atom.